The molecule has 0 amide bonds. The highest BCUT2D eigenvalue weighted by Gasteiger charge is 2.16. The van der Waals surface area contributed by atoms with E-state index in [1.54, 1.807) is 11.3 Å². The standard InChI is InChI=1S/C19H17N4OPS/c25-19-14-8-12(24-13-3-5-20-9-13)1-2-15(14)22-18(23-19)16-7-11-4-6-26-17(11)10-21-16/h1-2,4,6-8,10,13,20H,3,5,9,25H2. The highest BCUT2D eigenvalue weighted by molar-refractivity contribution is 7.27. The van der Waals surface area contributed by atoms with Crippen LogP contribution < -0.4 is 15.5 Å². The van der Waals surface area contributed by atoms with E-state index in [1.165, 1.54) is 10.1 Å². The van der Waals surface area contributed by atoms with Crippen molar-refractivity contribution in [3.63, 3.8) is 0 Å². The number of nitrogens with one attached hydrogen (secondary N) is 1. The lowest BCUT2D eigenvalue weighted by Crippen LogP contribution is -2.19. The summed E-state index contributed by atoms with van der Waals surface area (Å²) in [5.41, 5.74) is 2.54. The molecule has 130 valence electrons. The molecule has 2 unspecified atom stereocenters. The van der Waals surface area contributed by atoms with E-state index in [0.717, 1.165) is 47.3 Å². The average Bonchev–Trinajstić information content (AvgIpc) is 3.33. The summed E-state index contributed by atoms with van der Waals surface area (Å²) in [6.45, 7) is 1.92. The molecule has 2 atom stereocenters. The van der Waals surface area contributed by atoms with Crippen molar-refractivity contribution in [3.05, 3.63) is 41.9 Å². The molecule has 1 saturated heterocycles. The fourth-order valence-electron chi connectivity index (χ4n) is 3.23. The van der Waals surface area contributed by atoms with Crippen molar-refractivity contribution in [2.24, 2.45) is 0 Å². The van der Waals surface area contributed by atoms with Crippen LogP contribution in [0.2, 0.25) is 0 Å². The molecule has 0 radical (unpaired) electrons. The van der Waals surface area contributed by atoms with Crippen LogP contribution in [0.15, 0.2) is 41.9 Å². The van der Waals surface area contributed by atoms with Gasteiger partial charge >= 0.3 is 0 Å². The lowest BCUT2D eigenvalue weighted by molar-refractivity contribution is 0.223. The van der Waals surface area contributed by atoms with E-state index in [2.05, 4.69) is 36.0 Å². The molecule has 26 heavy (non-hydrogen) atoms. The Bertz CT molecular complexity index is 1110. The van der Waals surface area contributed by atoms with E-state index >= 15 is 0 Å². The third-order valence-electron chi connectivity index (χ3n) is 4.58. The summed E-state index contributed by atoms with van der Waals surface area (Å²) < 4.78 is 7.22. The lowest BCUT2D eigenvalue weighted by Gasteiger charge is -2.13. The van der Waals surface area contributed by atoms with Gasteiger partial charge in [0, 0.05) is 18.1 Å². The third-order valence-corrected chi connectivity index (χ3v) is 5.89. The average molecular weight is 380 g/mol. The summed E-state index contributed by atoms with van der Waals surface area (Å²) in [5, 5.41) is 7.54. The molecule has 0 spiro atoms. The Labute approximate surface area is 157 Å². The van der Waals surface area contributed by atoms with Crippen LogP contribution in [0.3, 0.4) is 0 Å². The van der Waals surface area contributed by atoms with E-state index in [0.29, 0.717) is 5.82 Å². The molecule has 4 aromatic rings. The number of ether oxygens (including phenoxy) is 1. The van der Waals surface area contributed by atoms with Gasteiger partial charge in [-0.05, 0) is 54.1 Å². The molecule has 1 aliphatic heterocycles. The zero-order chi connectivity index (χ0) is 17.5. The van der Waals surface area contributed by atoms with Crippen molar-refractivity contribution in [1.82, 2.24) is 20.3 Å². The van der Waals surface area contributed by atoms with Gasteiger partial charge in [0.25, 0.3) is 0 Å². The molecule has 1 aromatic carbocycles. The van der Waals surface area contributed by atoms with Crippen LogP contribution in [0.25, 0.3) is 32.5 Å². The first kappa shape index (κ1) is 16.1. The molecule has 3 aromatic heterocycles. The predicted octanol–water partition coefficient (Wildman–Crippen LogP) is 3.15. The largest absolute Gasteiger partial charge is 0.489 e. The van der Waals surface area contributed by atoms with Crippen molar-refractivity contribution >= 4 is 47.0 Å². The summed E-state index contributed by atoms with van der Waals surface area (Å²) in [7, 11) is 2.71. The Morgan fingerprint density at radius 1 is 1.19 bits per heavy atom. The van der Waals surface area contributed by atoms with E-state index < -0.39 is 0 Å². The number of hydrogen-bond acceptors (Lipinski definition) is 6. The molecular weight excluding hydrogens is 363 g/mol. The monoisotopic (exact) mass is 380 g/mol. The van der Waals surface area contributed by atoms with E-state index in [-0.39, 0.29) is 6.10 Å². The topological polar surface area (TPSA) is 59.9 Å². The first-order chi connectivity index (χ1) is 12.8. The number of benzene rings is 1. The molecule has 5 nitrogen and oxygen atoms in total. The van der Waals surface area contributed by atoms with Crippen molar-refractivity contribution in [2.45, 2.75) is 12.5 Å². The zero-order valence-corrected chi connectivity index (χ0v) is 15.9. The molecule has 1 aliphatic rings. The van der Waals surface area contributed by atoms with Crippen LogP contribution in [0, 0.1) is 0 Å². The highest BCUT2D eigenvalue weighted by atomic mass is 32.1. The van der Waals surface area contributed by atoms with Crippen molar-refractivity contribution < 1.29 is 4.74 Å². The number of hydrogen-bond donors (Lipinski definition) is 1. The van der Waals surface area contributed by atoms with Crippen molar-refractivity contribution in [3.8, 4) is 17.3 Å². The molecule has 1 N–H and O–H groups in total. The van der Waals surface area contributed by atoms with Gasteiger partial charge in [-0.25, -0.2) is 9.97 Å². The van der Waals surface area contributed by atoms with Gasteiger partial charge in [-0.3, -0.25) is 4.98 Å². The maximum Gasteiger partial charge on any atom is 0.179 e. The molecule has 0 saturated carbocycles. The highest BCUT2D eigenvalue weighted by Crippen LogP contribution is 2.26. The van der Waals surface area contributed by atoms with Gasteiger partial charge in [0.1, 0.15) is 17.5 Å². The number of aromatic nitrogens is 3. The van der Waals surface area contributed by atoms with Gasteiger partial charge in [-0.1, -0.05) is 9.24 Å². The van der Waals surface area contributed by atoms with Crippen LogP contribution in [-0.2, 0) is 0 Å². The minimum Gasteiger partial charge on any atom is -0.489 e. The SMILES string of the molecule is Pc1nc(-c2cc3ccsc3cn2)nc2ccc(OC3CCNC3)cc12. The minimum atomic E-state index is 0.238. The molecule has 7 heteroatoms. The quantitative estimate of drug-likeness (QED) is 0.554. The fraction of sp³-hybridized carbons (Fsp3) is 0.211. The van der Waals surface area contributed by atoms with Crippen LogP contribution in [-0.4, -0.2) is 34.1 Å². The molecule has 4 heterocycles. The van der Waals surface area contributed by atoms with Gasteiger partial charge in [-0.15, -0.1) is 11.3 Å². The number of pyridine rings is 1. The van der Waals surface area contributed by atoms with E-state index in [4.69, 9.17) is 9.72 Å². The van der Waals surface area contributed by atoms with Crippen LogP contribution >= 0.6 is 20.6 Å². The Kier molecular flexibility index (Phi) is 4.04. The smallest absolute Gasteiger partial charge is 0.179 e. The van der Waals surface area contributed by atoms with E-state index in [1.807, 2.05) is 30.5 Å². The summed E-state index contributed by atoms with van der Waals surface area (Å²) in [4.78, 5) is 13.9. The van der Waals surface area contributed by atoms with Crippen LogP contribution in [0.1, 0.15) is 6.42 Å². The lowest BCUT2D eigenvalue weighted by atomic mass is 10.2. The number of fused-ring (bicyclic) bond motifs is 2. The molecule has 0 aliphatic carbocycles. The molecular formula is C19H17N4OPS. The molecule has 0 bridgehead atoms. The van der Waals surface area contributed by atoms with Crippen LogP contribution in [0.4, 0.5) is 0 Å². The normalized spacial score (nSPS) is 17.2. The zero-order valence-electron chi connectivity index (χ0n) is 14.0. The minimum absolute atomic E-state index is 0.238. The summed E-state index contributed by atoms with van der Waals surface area (Å²) in [5.74, 6) is 1.51. The van der Waals surface area contributed by atoms with E-state index in [9.17, 15) is 0 Å². The Morgan fingerprint density at radius 3 is 3.04 bits per heavy atom. The van der Waals surface area contributed by atoms with Gasteiger partial charge in [0.15, 0.2) is 5.82 Å². The second kappa shape index (κ2) is 6.54. The van der Waals surface area contributed by atoms with Crippen LogP contribution in [0.5, 0.6) is 5.75 Å². The molecule has 1 fully saturated rings. The Morgan fingerprint density at radius 2 is 2.15 bits per heavy atom. The van der Waals surface area contributed by atoms with Gasteiger partial charge in [0.05, 0.1) is 15.7 Å². The summed E-state index contributed by atoms with van der Waals surface area (Å²) in [6.07, 6.45) is 3.16. The predicted molar refractivity (Wildman–Crippen MR) is 109 cm³/mol. The summed E-state index contributed by atoms with van der Waals surface area (Å²) in [6, 6.07) is 10.1. The Hall–Kier alpha value is -2.14. The second-order valence-electron chi connectivity index (χ2n) is 6.37. The summed E-state index contributed by atoms with van der Waals surface area (Å²) >= 11 is 1.69. The maximum absolute atomic E-state index is 6.05. The van der Waals surface area contributed by atoms with Crippen molar-refractivity contribution in [1.29, 1.82) is 0 Å². The first-order valence-electron chi connectivity index (χ1n) is 8.54. The maximum atomic E-state index is 6.05. The number of thiophene rings is 1. The van der Waals surface area contributed by atoms with Gasteiger partial charge in [-0.2, -0.15) is 0 Å². The van der Waals surface area contributed by atoms with Gasteiger partial charge in [0.2, 0.25) is 0 Å². The third kappa shape index (κ3) is 2.94. The number of nitrogens with zero attached hydrogens (tertiary/aromatic N) is 3. The van der Waals surface area contributed by atoms with Crippen molar-refractivity contribution in [2.75, 3.05) is 13.1 Å². The Balaban J connectivity index is 1.53. The number of rotatable bonds is 3. The molecule has 5 rings (SSSR count). The van der Waals surface area contributed by atoms with Gasteiger partial charge < -0.3 is 10.1 Å². The fourth-order valence-corrected chi connectivity index (χ4v) is 4.32. The second-order valence-corrected chi connectivity index (χ2v) is 7.87. The first-order valence-corrected chi connectivity index (χ1v) is 10.0.